The molecule has 184 valence electrons. The van der Waals surface area contributed by atoms with Crippen LogP contribution >= 0.6 is 0 Å². The average molecular weight is 448 g/mol. The summed E-state index contributed by atoms with van der Waals surface area (Å²) in [6.45, 7) is 7.68. The smallest absolute Gasteiger partial charge is 0.182 e. The Morgan fingerprint density at radius 1 is 0.467 bits per heavy atom. The molecule has 0 aromatic rings. The van der Waals surface area contributed by atoms with Gasteiger partial charge in [-0.2, -0.15) is 0 Å². The van der Waals surface area contributed by atoms with Gasteiger partial charge in [0.25, 0.3) is 0 Å². The molecule has 0 bridgehead atoms. The van der Waals surface area contributed by atoms with Crippen LogP contribution < -0.4 is 12.4 Å². The van der Waals surface area contributed by atoms with Gasteiger partial charge in [-0.25, -0.2) is 0 Å². The lowest BCUT2D eigenvalue weighted by molar-refractivity contribution is -0.909. The van der Waals surface area contributed by atoms with E-state index in [1.807, 2.05) is 0 Å². The number of quaternary nitrogens is 1. The maximum atomic E-state index is 5.98. The second-order valence-corrected chi connectivity index (χ2v) is 10.1. The van der Waals surface area contributed by atoms with Crippen LogP contribution in [0.5, 0.6) is 0 Å². The zero-order valence-corrected chi connectivity index (χ0v) is 22.3. The van der Waals surface area contributed by atoms with Crippen LogP contribution in [-0.4, -0.2) is 38.5 Å². The van der Waals surface area contributed by atoms with Gasteiger partial charge in [-0.3, -0.25) is 0 Å². The number of hydrogen-bond acceptors (Lipinski definition) is 1. The van der Waals surface area contributed by atoms with E-state index in [9.17, 15) is 0 Å². The summed E-state index contributed by atoms with van der Waals surface area (Å²) in [5.74, 6) is 0. The highest BCUT2D eigenvalue weighted by atomic mass is 35.5. The van der Waals surface area contributed by atoms with Gasteiger partial charge in [-0.15, -0.1) is 0 Å². The van der Waals surface area contributed by atoms with Gasteiger partial charge in [0.05, 0.1) is 27.2 Å². The van der Waals surface area contributed by atoms with E-state index in [1.165, 1.54) is 135 Å². The first-order valence-corrected chi connectivity index (χ1v) is 13.5. The van der Waals surface area contributed by atoms with Gasteiger partial charge in [-0.1, -0.05) is 123 Å². The molecule has 0 rings (SSSR count). The first-order valence-electron chi connectivity index (χ1n) is 13.5. The van der Waals surface area contributed by atoms with Gasteiger partial charge in [0.2, 0.25) is 0 Å². The fourth-order valence-corrected chi connectivity index (χ4v) is 4.10. The van der Waals surface area contributed by atoms with Crippen molar-refractivity contribution in [3.63, 3.8) is 0 Å². The molecule has 0 atom stereocenters. The predicted molar refractivity (Wildman–Crippen MR) is 131 cm³/mol. The molecule has 0 spiro atoms. The zero-order valence-electron chi connectivity index (χ0n) is 21.5. The van der Waals surface area contributed by atoms with Gasteiger partial charge >= 0.3 is 0 Å². The van der Waals surface area contributed by atoms with E-state index in [0.717, 1.165) is 17.8 Å². The van der Waals surface area contributed by atoms with Crippen LogP contribution in [0.25, 0.3) is 0 Å². The largest absolute Gasteiger partial charge is 1.00 e. The Morgan fingerprint density at radius 3 is 1.20 bits per heavy atom. The molecule has 0 aliphatic heterocycles. The van der Waals surface area contributed by atoms with E-state index in [-0.39, 0.29) is 12.4 Å². The van der Waals surface area contributed by atoms with Crippen LogP contribution in [0.2, 0.25) is 0 Å². The number of ether oxygens (including phenoxy) is 1. The molecule has 0 heterocycles. The molecular formula is C27H58ClNO. The van der Waals surface area contributed by atoms with Gasteiger partial charge in [-0.05, 0) is 19.3 Å². The minimum absolute atomic E-state index is 0. The van der Waals surface area contributed by atoms with Crippen LogP contribution in [0.1, 0.15) is 142 Å². The molecule has 3 heteroatoms. The van der Waals surface area contributed by atoms with Gasteiger partial charge in [0, 0.05) is 0 Å². The van der Waals surface area contributed by atoms with E-state index >= 15 is 0 Å². The summed E-state index contributed by atoms with van der Waals surface area (Å²) in [7, 11) is 4.65. The van der Waals surface area contributed by atoms with Crippen LogP contribution in [-0.2, 0) is 4.74 Å². The summed E-state index contributed by atoms with van der Waals surface area (Å²) in [6.07, 6.45) is 28.2. The highest BCUT2D eigenvalue weighted by molar-refractivity contribution is 4.48. The van der Waals surface area contributed by atoms with Crippen molar-refractivity contribution in [1.82, 2.24) is 0 Å². The van der Waals surface area contributed by atoms with E-state index in [4.69, 9.17) is 4.74 Å². The highest BCUT2D eigenvalue weighted by Gasteiger charge is 2.14. The molecule has 0 fully saturated rings. The quantitative estimate of drug-likeness (QED) is 0.102. The zero-order chi connectivity index (χ0) is 21.5. The van der Waals surface area contributed by atoms with Crippen molar-refractivity contribution in [2.45, 2.75) is 142 Å². The molecule has 30 heavy (non-hydrogen) atoms. The Balaban J connectivity index is 0. The van der Waals surface area contributed by atoms with Crippen molar-refractivity contribution in [2.24, 2.45) is 0 Å². The third-order valence-electron chi connectivity index (χ3n) is 6.20. The second kappa shape index (κ2) is 25.5. The van der Waals surface area contributed by atoms with Crippen molar-refractivity contribution < 1.29 is 21.6 Å². The monoisotopic (exact) mass is 447 g/mol. The summed E-state index contributed by atoms with van der Waals surface area (Å²) < 4.78 is 7.01. The molecule has 0 saturated carbocycles. The predicted octanol–water partition coefficient (Wildman–Crippen LogP) is 5.88. The third kappa shape index (κ3) is 26.2. The normalized spacial score (nSPS) is 11.6. The van der Waals surface area contributed by atoms with Crippen molar-refractivity contribution in [1.29, 1.82) is 0 Å². The number of nitrogens with zero attached hydrogens (tertiary/aromatic N) is 1. The summed E-state index contributed by atoms with van der Waals surface area (Å²) in [4.78, 5) is 0. The van der Waals surface area contributed by atoms with Gasteiger partial charge < -0.3 is 21.6 Å². The van der Waals surface area contributed by atoms with E-state index in [0.29, 0.717) is 0 Å². The molecule has 0 aromatic heterocycles. The Labute approximate surface area is 197 Å². The highest BCUT2D eigenvalue weighted by Crippen LogP contribution is 2.13. The van der Waals surface area contributed by atoms with E-state index in [1.54, 1.807) is 0 Å². The van der Waals surface area contributed by atoms with E-state index < -0.39 is 0 Å². The minimum atomic E-state index is 0. The first kappa shape index (κ1) is 32.4. The van der Waals surface area contributed by atoms with Crippen molar-refractivity contribution in [3.8, 4) is 0 Å². The fourth-order valence-electron chi connectivity index (χ4n) is 4.10. The molecule has 0 unspecified atom stereocenters. The van der Waals surface area contributed by atoms with Crippen LogP contribution in [0.4, 0.5) is 0 Å². The number of unbranched alkanes of at least 4 members (excludes halogenated alkanes) is 18. The Hall–Kier alpha value is 0.210. The summed E-state index contributed by atoms with van der Waals surface area (Å²) in [5, 5.41) is 0. The summed E-state index contributed by atoms with van der Waals surface area (Å²) >= 11 is 0. The first-order chi connectivity index (χ1) is 14.1. The Bertz CT molecular complexity index is 309. The van der Waals surface area contributed by atoms with Crippen molar-refractivity contribution in [2.75, 3.05) is 34.0 Å². The van der Waals surface area contributed by atoms with Gasteiger partial charge in [0.1, 0.15) is 0 Å². The molecule has 0 aliphatic carbocycles. The summed E-state index contributed by atoms with van der Waals surface area (Å²) in [6, 6.07) is 0. The topological polar surface area (TPSA) is 9.23 Å². The van der Waals surface area contributed by atoms with Gasteiger partial charge in [0.15, 0.2) is 6.73 Å². The number of hydrogen-bond donors (Lipinski definition) is 0. The van der Waals surface area contributed by atoms with E-state index in [2.05, 4.69) is 27.9 Å². The molecule has 0 aromatic carbocycles. The maximum Gasteiger partial charge on any atom is 0.182 e. The molecule has 0 amide bonds. The maximum absolute atomic E-state index is 5.98. The van der Waals surface area contributed by atoms with Crippen LogP contribution in [0, 0.1) is 0 Å². The lowest BCUT2D eigenvalue weighted by Crippen LogP contribution is -3.00. The lowest BCUT2D eigenvalue weighted by atomic mass is 10.1. The third-order valence-corrected chi connectivity index (χ3v) is 6.20. The molecule has 0 N–H and O–H groups in total. The SMILES string of the molecule is CCCCCCCCCCCCOC[N+](C)(C)CCCCCCCCCCCC.[Cl-]. The second-order valence-electron chi connectivity index (χ2n) is 10.1. The number of halogens is 1. The Morgan fingerprint density at radius 2 is 0.800 bits per heavy atom. The minimum Gasteiger partial charge on any atom is -1.00 e. The Kier molecular flexibility index (Phi) is 27.5. The average Bonchev–Trinajstić information content (AvgIpc) is 2.70. The molecule has 0 aliphatic rings. The summed E-state index contributed by atoms with van der Waals surface area (Å²) in [5.41, 5.74) is 0. The standard InChI is InChI=1S/C27H58NO.ClH/c1-5-7-9-11-13-15-17-19-21-23-25-28(3,4)27-29-26-24-22-20-18-16-14-12-10-8-6-2;/h5-27H2,1-4H3;1H/q+1;/p-1. The van der Waals surface area contributed by atoms with Crippen molar-refractivity contribution >= 4 is 0 Å². The van der Waals surface area contributed by atoms with Crippen LogP contribution in [0.15, 0.2) is 0 Å². The molecular weight excluding hydrogens is 390 g/mol. The van der Waals surface area contributed by atoms with Crippen LogP contribution in [0.3, 0.4) is 0 Å². The van der Waals surface area contributed by atoms with Crippen molar-refractivity contribution in [3.05, 3.63) is 0 Å². The molecule has 0 saturated heterocycles. The lowest BCUT2D eigenvalue weighted by Gasteiger charge is -2.29. The fraction of sp³-hybridized carbons (Fsp3) is 1.00. The number of rotatable bonds is 24. The molecule has 2 nitrogen and oxygen atoms in total. The molecule has 0 radical (unpaired) electrons.